The molecule has 0 aliphatic carbocycles. The molecule has 0 N–H and O–H groups in total. The first kappa shape index (κ1) is 64.0. The van der Waals surface area contributed by atoms with Gasteiger partial charge in [0.25, 0.3) is 0 Å². The van der Waals surface area contributed by atoms with E-state index in [1.54, 1.807) is 0 Å². The summed E-state index contributed by atoms with van der Waals surface area (Å²) in [6.45, 7) is 11.7. The van der Waals surface area contributed by atoms with Crippen molar-refractivity contribution >= 4 is 56.9 Å². The maximum Gasteiger partial charge on any atom is 0.306 e. The summed E-state index contributed by atoms with van der Waals surface area (Å²) < 4.78 is 11.7. The van der Waals surface area contributed by atoms with E-state index in [0.29, 0.717) is 31.7 Å². The van der Waals surface area contributed by atoms with E-state index in [9.17, 15) is 9.59 Å². The Kier molecular flexibility index (Phi) is 22.7. The Hall–Kier alpha value is -8.98. The normalized spacial score (nSPS) is 11.8. The van der Waals surface area contributed by atoms with Crippen LogP contribution in [0, 0.1) is 5.41 Å². The van der Waals surface area contributed by atoms with Gasteiger partial charge in [0.1, 0.15) is 12.4 Å². The van der Waals surface area contributed by atoms with Gasteiger partial charge in [-0.1, -0.05) is 225 Å². The number of rotatable bonds is 32. The first-order valence-corrected chi connectivity index (χ1v) is 33.0. The molecule has 90 heavy (non-hydrogen) atoms. The monoisotopic (exact) mass is 1190 g/mol. The number of fused-ring (bicyclic) bond motifs is 1. The second-order valence-electron chi connectivity index (χ2n) is 24.2. The number of carbonyl (C=O) groups excluding carboxylic acids is 2. The fraction of sp³-hybridized carbons (Fsp3) is 0.293. The molecule has 10 aromatic rings. The lowest BCUT2D eigenvalue weighted by molar-refractivity contribution is -0.146. The maximum absolute atomic E-state index is 13.9. The van der Waals surface area contributed by atoms with Crippen molar-refractivity contribution in [3.63, 3.8) is 0 Å². The van der Waals surface area contributed by atoms with Crippen LogP contribution in [-0.2, 0) is 31.9 Å². The Labute approximate surface area is 535 Å². The zero-order chi connectivity index (χ0) is 62.5. The second-order valence-corrected chi connectivity index (χ2v) is 24.2. The van der Waals surface area contributed by atoms with Crippen LogP contribution in [0.3, 0.4) is 0 Å². The van der Waals surface area contributed by atoms with Crippen LogP contribution in [0.1, 0.15) is 129 Å². The summed E-state index contributed by atoms with van der Waals surface area (Å²) in [6.07, 6.45) is 14.1. The summed E-state index contributed by atoms with van der Waals surface area (Å²) in [7, 11) is 0. The zero-order valence-corrected chi connectivity index (χ0v) is 53.5. The Bertz CT molecular complexity index is 3830. The molecule has 8 nitrogen and oxygen atoms in total. The van der Waals surface area contributed by atoms with Crippen LogP contribution in [0.25, 0.3) is 55.8 Å². The lowest BCUT2D eigenvalue weighted by atomic mass is 9.75. The SMILES string of the molecule is CCCCC(CCC)OCCOC(=O)CCc1ccc(N(c2ccc(-c3ccccc3)cc2)c2ccc(-c3nc4ccccc4nc3-c3ccc(N(c4ccc(CCC(=O)C(C)(CCCC)CCCC)cc4)c4ccc(-c5ccccc5)cc4)cc3)cc2)cc1. The highest BCUT2D eigenvalue weighted by molar-refractivity contribution is 5.89. The molecule has 1 heterocycles. The molecule has 0 aliphatic heterocycles. The van der Waals surface area contributed by atoms with Crippen molar-refractivity contribution < 1.29 is 19.1 Å². The minimum absolute atomic E-state index is 0.213. The predicted molar refractivity (Wildman–Crippen MR) is 375 cm³/mol. The molecule has 0 bridgehead atoms. The largest absolute Gasteiger partial charge is 0.463 e. The molecule has 1 atom stereocenters. The molecule has 9 aromatic carbocycles. The molecule has 0 spiro atoms. The lowest BCUT2D eigenvalue weighted by Crippen LogP contribution is -2.28. The number of carbonyl (C=O) groups is 2. The minimum Gasteiger partial charge on any atom is -0.463 e. The molecular weight excluding hydrogens is 1100 g/mol. The van der Waals surface area contributed by atoms with Crippen LogP contribution in [0.15, 0.2) is 231 Å². The Morgan fingerprint density at radius 2 is 0.767 bits per heavy atom. The van der Waals surface area contributed by atoms with Crippen molar-refractivity contribution in [2.24, 2.45) is 5.41 Å². The van der Waals surface area contributed by atoms with Crippen LogP contribution in [-0.4, -0.2) is 41.0 Å². The van der Waals surface area contributed by atoms with Crippen LogP contribution >= 0.6 is 0 Å². The highest BCUT2D eigenvalue weighted by atomic mass is 16.6. The van der Waals surface area contributed by atoms with Crippen molar-refractivity contribution in [2.45, 2.75) is 137 Å². The van der Waals surface area contributed by atoms with Gasteiger partial charge in [-0.05, 0) is 157 Å². The lowest BCUT2D eigenvalue weighted by Gasteiger charge is -2.28. The van der Waals surface area contributed by atoms with Crippen molar-refractivity contribution in [1.29, 1.82) is 0 Å². The molecule has 0 radical (unpaired) electrons. The van der Waals surface area contributed by atoms with E-state index in [0.717, 1.165) is 173 Å². The van der Waals surface area contributed by atoms with Gasteiger partial charge in [-0.3, -0.25) is 9.59 Å². The van der Waals surface area contributed by atoms with Gasteiger partial charge in [0.05, 0.1) is 35.1 Å². The number of nitrogens with zero attached hydrogens (tertiary/aromatic N) is 4. The number of unbranched alkanes of at least 4 members (excludes halogenated alkanes) is 3. The number of hydrogen-bond acceptors (Lipinski definition) is 8. The molecule has 0 amide bonds. The first-order chi connectivity index (χ1) is 44.1. The van der Waals surface area contributed by atoms with Crippen LogP contribution in [0.4, 0.5) is 34.1 Å². The second kappa shape index (κ2) is 32.0. The van der Waals surface area contributed by atoms with Crippen LogP contribution in [0.5, 0.6) is 0 Å². The summed E-state index contributed by atoms with van der Waals surface area (Å²) in [5.41, 5.74) is 17.7. The van der Waals surface area contributed by atoms with Crippen molar-refractivity contribution in [3.05, 3.63) is 242 Å². The van der Waals surface area contributed by atoms with Gasteiger partial charge in [0.2, 0.25) is 0 Å². The number of aromatic nitrogens is 2. The summed E-state index contributed by atoms with van der Waals surface area (Å²) >= 11 is 0. The van der Waals surface area contributed by atoms with Gasteiger partial charge in [0, 0.05) is 63.5 Å². The van der Waals surface area contributed by atoms with Crippen LogP contribution < -0.4 is 9.80 Å². The van der Waals surface area contributed by atoms with Gasteiger partial charge < -0.3 is 19.3 Å². The van der Waals surface area contributed by atoms with Gasteiger partial charge in [-0.25, -0.2) is 9.97 Å². The number of anilines is 6. The van der Waals surface area contributed by atoms with Gasteiger partial charge in [-0.2, -0.15) is 0 Å². The number of hydrogen-bond donors (Lipinski definition) is 0. The van der Waals surface area contributed by atoms with Gasteiger partial charge >= 0.3 is 5.97 Å². The standard InChI is InChI=1S/C82H88N4O4/c1-6-10-26-75(21-9-4)89-59-60-90-79(88)56-34-62-31-45-70(46-32-62)86(72-49-37-66(38-50-72)64-24-17-14-18-25-64)74-53-41-68(42-54-74)81-80(83-76-27-19-20-28-77(76)84-81)67-39-51-73(52-40-67)85(71-47-35-65(36-48-71)63-22-15-13-16-23-63)69-43-29-61(30-44-69)33-55-78(87)82(5,57-11-7-2)58-12-8-3/h13-20,22-25,27-32,35-54,75H,6-12,21,26,33-34,55-60H2,1-5H3. The Balaban J connectivity index is 0.920. The molecule has 460 valence electrons. The van der Waals surface area contributed by atoms with Crippen molar-refractivity contribution in [3.8, 4) is 44.8 Å². The highest BCUT2D eigenvalue weighted by Gasteiger charge is 2.31. The molecule has 0 fully saturated rings. The highest BCUT2D eigenvalue weighted by Crippen LogP contribution is 2.41. The Morgan fingerprint density at radius 3 is 1.17 bits per heavy atom. The number of benzene rings is 9. The van der Waals surface area contributed by atoms with E-state index in [4.69, 9.17) is 19.4 Å². The average molecular weight is 1190 g/mol. The van der Waals surface area contributed by atoms with E-state index >= 15 is 0 Å². The fourth-order valence-electron chi connectivity index (χ4n) is 12.2. The van der Waals surface area contributed by atoms with Gasteiger partial charge in [-0.15, -0.1) is 0 Å². The maximum atomic E-state index is 13.9. The predicted octanol–water partition coefficient (Wildman–Crippen LogP) is 22.0. The molecule has 0 saturated heterocycles. The quantitative estimate of drug-likeness (QED) is 0.0305. The molecule has 8 heteroatoms. The van der Waals surface area contributed by atoms with E-state index in [2.05, 4.69) is 239 Å². The summed E-state index contributed by atoms with van der Waals surface area (Å²) in [6, 6.07) is 81.0. The van der Waals surface area contributed by atoms with Gasteiger partial charge in [0.15, 0.2) is 0 Å². The number of para-hydroxylation sites is 2. The third-order valence-electron chi connectivity index (χ3n) is 17.5. The molecule has 0 aliphatic rings. The number of esters is 1. The molecule has 10 rings (SSSR count). The summed E-state index contributed by atoms with van der Waals surface area (Å²) in [5.74, 6) is 0.176. The fourth-order valence-corrected chi connectivity index (χ4v) is 12.2. The van der Waals surface area contributed by atoms with Crippen LogP contribution in [0.2, 0.25) is 0 Å². The number of aryl methyl sites for hydroxylation is 2. The summed E-state index contributed by atoms with van der Waals surface area (Å²) in [4.78, 5) is 42.0. The minimum atomic E-state index is -0.260. The third kappa shape index (κ3) is 16.6. The number of Topliss-reactive ketones (excluding diaryl/α,β-unsaturated/α-hetero) is 1. The number of ether oxygens (including phenoxy) is 2. The average Bonchev–Trinajstić information content (AvgIpc) is 3.61. The molecule has 1 unspecified atom stereocenters. The van der Waals surface area contributed by atoms with Crippen molar-refractivity contribution in [2.75, 3.05) is 23.0 Å². The topological polar surface area (TPSA) is 84.9 Å². The molecule has 1 aromatic heterocycles. The first-order valence-electron chi connectivity index (χ1n) is 33.0. The van der Waals surface area contributed by atoms with E-state index in [1.165, 1.54) is 5.56 Å². The van der Waals surface area contributed by atoms with E-state index in [-0.39, 0.29) is 24.1 Å². The smallest absolute Gasteiger partial charge is 0.306 e. The number of ketones is 1. The van der Waals surface area contributed by atoms with E-state index in [1.807, 2.05) is 36.4 Å². The Morgan fingerprint density at radius 1 is 0.400 bits per heavy atom. The van der Waals surface area contributed by atoms with E-state index < -0.39 is 0 Å². The molecular formula is C82H88N4O4. The third-order valence-corrected chi connectivity index (χ3v) is 17.5. The van der Waals surface area contributed by atoms with Crippen molar-refractivity contribution in [1.82, 2.24) is 9.97 Å². The molecule has 0 saturated carbocycles. The summed E-state index contributed by atoms with van der Waals surface area (Å²) in [5, 5.41) is 0. The zero-order valence-electron chi connectivity index (χ0n) is 53.5.